The second-order valence-corrected chi connectivity index (χ2v) is 6.61. The Hall–Kier alpha value is -2.10. The highest BCUT2D eigenvalue weighted by molar-refractivity contribution is 9.10. The number of carbonyl (C=O) groups is 1. The molecule has 6 nitrogen and oxygen atoms in total. The minimum atomic E-state index is -0.722. The van der Waals surface area contributed by atoms with Gasteiger partial charge in [-0.25, -0.2) is 9.07 Å². The summed E-state index contributed by atoms with van der Waals surface area (Å²) in [5.41, 5.74) is 1.31. The molecule has 0 aliphatic carbocycles. The molecule has 0 aliphatic rings. The van der Waals surface area contributed by atoms with Gasteiger partial charge >= 0.3 is 0 Å². The normalized spacial score (nSPS) is 12.1. The Morgan fingerprint density at radius 2 is 2.29 bits per heavy atom. The smallest absolute Gasteiger partial charge is 0.277 e. The van der Waals surface area contributed by atoms with E-state index >= 15 is 0 Å². The Kier molecular flexibility index (Phi) is 5.03. The van der Waals surface area contributed by atoms with E-state index in [4.69, 9.17) is 0 Å². The van der Waals surface area contributed by atoms with Crippen molar-refractivity contribution in [3.8, 4) is 0 Å². The van der Waals surface area contributed by atoms with Crippen LogP contribution in [0.1, 0.15) is 22.2 Å². The summed E-state index contributed by atoms with van der Waals surface area (Å²) in [7, 11) is 0. The van der Waals surface area contributed by atoms with Gasteiger partial charge in [-0.15, -0.1) is 5.10 Å². The van der Waals surface area contributed by atoms with E-state index in [1.165, 1.54) is 40.4 Å². The molecule has 0 aliphatic heterocycles. The fourth-order valence-electron chi connectivity index (χ4n) is 2.02. The summed E-state index contributed by atoms with van der Waals surface area (Å²) in [4.78, 5) is 12.2. The Labute approximate surface area is 149 Å². The minimum Gasteiger partial charge on any atom is -0.386 e. The van der Waals surface area contributed by atoms with Gasteiger partial charge in [0.05, 0.1) is 24.5 Å². The van der Waals surface area contributed by atoms with E-state index in [2.05, 4.69) is 31.6 Å². The molecule has 0 bridgehead atoms. The van der Waals surface area contributed by atoms with Gasteiger partial charge in [-0.2, -0.15) is 11.3 Å². The molecule has 0 fully saturated rings. The molecule has 1 atom stereocenters. The van der Waals surface area contributed by atoms with Gasteiger partial charge in [0.25, 0.3) is 5.91 Å². The van der Waals surface area contributed by atoms with Gasteiger partial charge in [-0.05, 0) is 56.5 Å². The molecule has 0 spiro atoms. The summed E-state index contributed by atoms with van der Waals surface area (Å²) < 4.78 is 14.9. The van der Waals surface area contributed by atoms with Gasteiger partial charge in [0.1, 0.15) is 5.82 Å². The van der Waals surface area contributed by atoms with Crippen LogP contribution in [0.15, 0.2) is 45.7 Å². The first-order chi connectivity index (χ1) is 11.5. The summed E-state index contributed by atoms with van der Waals surface area (Å²) in [5, 5.41) is 24.1. The van der Waals surface area contributed by atoms with E-state index in [9.17, 15) is 14.3 Å². The second kappa shape index (κ2) is 7.20. The highest BCUT2D eigenvalue weighted by Crippen LogP contribution is 2.23. The molecule has 2 N–H and O–H groups in total. The Bertz CT molecular complexity index is 853. The van der Waals surface area contributed by atoms with Crippen molar-refractivity contribution in [1.29, 1.82) is 0 Å². The fraction of sp³-hybridized carbons (Fsp3) is 0.133. The van der Waals surface area contributed by atoms with Crippen LogP contribution in [0.5, 0.6) is 0 Å². The monoisotopic (exact) mass is 410 g/mol. The fourth-order valence-corrected chi connectivity index (χ4v) is 3.17. The van der Waals surface area contributed by atoms with Gasteiger partial charge in [0.2, 0.25) is 0 Å². The van der Waals surface area contributed by atoms with E-state index in [0.717, 1.165) is 5.56 Å². The minimum absolute atomic E-state index is 0.101. The number of anilines is 1. The highest BCUT2D eigenvalue weighted by Gasteiger charge is 2.15. The van der Waals surface area contributed by atoms with E-state index < -0.39 is 17.8 Å². The van der Waals surface area contributed by atoms with Crippen molar-refractivity contribution in [2.24, 2.45) is 0 Å². The molecule has 124 valence electrons. The molecule has 1 aromatic carbocycles. The number of hydrogen-bond acceptors (Lipinski definition) is 5. The maximum atomic E-state index is 13.1. The zero-order chi connectivity index (χ0) is 17.1. The number of amides is 1. The number of nitrogens with zero attached hydrogens (tertiary/aromatic N) is 3. The number of nitrogens with one attached hydrogen (secondary N) is 1. The number of hydrogen-bond donors (Lipinski definition) is 2. The van der Waals surface area contributed by atoms with E-state index in [1.54, 1.807) is 0 Å². The maximum Gasteiger partial charge on any atom is 0.277 e. The Balaban J connectivity index is 1.67. The number of benzene rings is 1. The number of halogens is 2. The van der Waals surface area contributed by atoms with Crippen molar-refractivity contribution in [2.45, 2.75) is 12.6 Å². The first-order valence-corrected chi connectivity index (χ1v) is 8.63. The van der Waals surface area contributed by atoms with E-state index in [1.807, 2.05) is 16.8 Å². The zero-order valence-corrected chi connectivity index (χ0v) is 14.6. The van der Waals surface area contributed by atoms with Crippen molar-refractivity contribution in [1.82, 2.24) is 15.0 Å². The van der Waals surface area contributed by atoms with Crippen LogP contribution < -0.4 is 5.32 Å². The summed E-state index contributed by atoms with van der Waals surface area (Å²) >= 11 is 4.67. The number of carbonyl (C=O) groups excluding carboxylic acids is 1. The Morgan fingerprint density at radius 3 is 3.00 bits per heavy atom. The zero-order valence-electron chi connectivity index (χ0n) is 12.2. The van der Waals surface area contributed by atoms with Gasteiger partial charge < -0.3 is 10.4 Å². The van der Waals surface area contributed by atoms with E-state index in [-0.39, 0.29) is 12.2 Å². The van der Waals surface area contributed by atoms with Crippen LogP contribution in [0, 0.1) is 5.82 Å². The molecule has 3 aromatic rings. The number of aromatic nitrogens is 3. The van der Waals surface area contributed by atoms with Gasteiger partial charge in [0, 0.05) is 4.47 Å². The van der Waals surface area contributed by atoms with Crippen molar-refractivity contribution in [3.63, 3.8) is 0 Å². The molecule has 24 heavy (non-hydrogen) atoms. The standard InChI is InChI=1S/C15H12BrFN4O2S/c16-11-5-10(17)1-2-12(11)18-15(23)13-6-21(20-19-13)7-14(22)9-3-4-24-8-9/h1-6,8,14,22H,7H2,(H,18,23)/t14-/m0/s1. The predicted octanol–water partition coefficient (Wildman–Crippen LogP) is 3.23. The van der Waals surface area contributed by atoms with Crippen LogP contribution in [0.2, 0.25) is 0 Å². The molecular formula is C15H12BrFN4O2S. The topological polar surface area (TPSA) is 80.0 Å². The second-order valence-electron chi connectivity index (χ2n) is 4.98. The van der Waals surface area contributed by atoms with Crippen molar-refractivity contribution in [2.75, 3.05) is 5.32 Å². The summed E-state index contributed by atoms with van der Waals surface area (Å²) in [6.07, 6.45) is 0.725. The summed E-state index contributed by atoms with van der Waals surface area (Å²) in [6.45, 7) is 0.192. The average molecular weight is 411 g/mol. The molecular weight excluding hydrogens is 399 g/mol. The average Bonchev–Trinajstić information content (AvgIpc) is 3.21. The lowest BCUT2D eigenvalue weighted by atomic mass is 10.2. The first-order valence-electron chi connectivity index (χ1n) is 6.89. The third-order valence-corrected chi connectivity index (χ3v) is 4.60. The number of aliphatic hydroxyl groups is 1. The van der Waals surface area contributed by atoms with Crippen molar-refractivity contribution < 1.29 is 14.3 Å². The Morgan fingerprint density at radius 1 is 1.46 bits per heavy atom. The molecule has 0 saturated carbocycles. The lowest BCUT2D eigenvalue weighted by Gasteiger charge is -2.07. The van der Waals surface area contributed by atoms with Crippen LogP contribution in [0.4, 0.5) is 10.1 Å². The molecule has 2 aromatic heterocycles. The third kappa shape index (κ3) is 3.86. The molecule has 0 unspecified atom stereocenters. The van der Waals surface area contributed by atoms with Crippen LogP contribution in [0.25, 0.3) is 0 Å². The number of rotatable bonds is 5. The van der Waals surface area contributed by atoms with Crippen LogP contribution >= 0.6 is 27.3 Å². The number of thiophene rings is 1. The summed E-state index contributed by atoms with van der Waals surface area (Å²) in [6, 6.07) is 5.77. The summed E-state index contributed by atoms with van der Waals surface area (Å²) in [5.74, 6) is -0.883. The van der Waals surface area contributed by atoms with Gasteiger partial charge in [0.15, 0.2) is 5.69 Å². The molecule has 9 heteroatoms. The van der Waals surface area contributed by atoms with Crippen molar-refractivity contribution >= 4 is 38.9 Å². The molecule has 1 amide bonds. The first kappa shape index (κ1) is 16.7. The van der Waals surface area contributed by atoms with Crippen LogP contribution in [0.3, 0.4) is 0 Å². The van der Waals surface area contributed by atoms with Gasteiger partial charge in [-0.1, -0.05) is 5.21 Å². The van der Waals surface area contributed by atoms with Crippen LogP contribution in [-0.4, -0.2) is 26.0 Å². The maximum absolute atomic E-state index is 13.1. The lowest BCUT2D eigenvalue weighted by molar-refractivity contribution is 0.102. The molecule has 2 heterocycles. The number of aliphatic hydroxyl groups excluding tert-OH is 1. The SMILES string of the molecule is O=C(Nc1ccc(F)cc1Br)c1cn(C[C@H](O)c2ccsc2)nn1. The molecule has 0 saturated heterocycles. The predicted molar refractivity (Wildman–Crippen MR) is 91.4 cm³/mol. The highest BCUT2D eigenvalue weighted by atomic mass is 79.9. The van der Waals surface area contributed by atoms with E-state index in [0.29, 0.717) is 10.2 Å². The largest absolute Gasteiger partial charge is 0.386 e. The molecule has 3 rings (SSSR count). The van der Waals surface area contributed by atoms with Crippen molar-refractivity contribution in [3.05, 3.63) is 62.8 Å². The van der Waals surface area contributed by atoms with Gasteiger partial charge in [-0.3, -0.25) is 4.79 Å². The lowest BCUT2D eigenvalue weighted by Crippen LogP contribution is -2.13. The molecule has 0 radical (unpaired) electrons. The van der Waals surface area contributed by atoms with Crippen LogP contribution in [-0.2, 0) is 6.54 Å². The quantitative estimate of drug-likeness (QED) is 0.676. The third-order valence-electron chi connectivity index (χ3n) is 3.24.